The second kappa shape index (κ2) is 9.96. The molecule has 13 heteroatoms. The zero-order valence-electron chi connectivity index (χ0n) is 23.7. The first-order chi connectivity index (χ1) is 20.1. The molecule has 6 heterocycles. The Morgan fingerprint density at radius 3 is 2.74 bits per heavy atom. The zero-order valence-corrected chi connectivity index (χ0v) is 24.5. The number of hydrogen-bond acceptors (Lipinski definition) is 11. The van der Waals surface area contributed by atoms with E-state index in [9.17, 15) is 9.90 Å². The van der Waals surface area contributed by atoms with Gasteiger partial charge in [-0.3, -0.25) is 9.88 Å². The van der Waals surface area contributed by atoms with Gasteiger partial charge in [-0.05, 0) is 56.2 Å². The first kappa shape index (κ1) is 27.2. The molecule has 2 amide bonds. The summed E-state index contributed by atoms with van der Waals surface area (Å²) in [5, 5.41) is 10.8. The number of anilines is 3. The number of urea groups is 1. The van der Waals surface area contributed by atoms with Crippen LogP contribution in [0.2, 0.25) is 0 Å². The summed E-state index contributed by atoms with van der Waals surface area (Å²) in [4.78, 5) is 38.0. The molecule has 0 aromatic carbocycles. The largest absolute Gasteiger partial charge is 0.486 e. The fourth-order valence-electron chi connectivity index (χ4n) is 6.74. The van der Waals surface area contributed by atoms with Gasteiger partial charge in [-0.15, -0.1) is 0 Å². The summed E-state index contributed by atoms with van der Waals surface area (Å²) in [5.41, 5.74) is 14.5. The molecule has 3 aromatic rings. The van der Waals surface area contributed by atoms with Crippen LogP contribution in [-0.4, -0.2) is 80.4 Å². The standard InChI is InChI=1S/C29H35N9O3S/c1-28(2,40)16-37-14-17-15-41-22-20(5-9-33-25(22)38(17)27(37)39)42-26-24(31)35-21(13-34-26)36-10-6-29(7-11-36)12-19-18(23(29)30)4-3-8-32-19/h3-5,8-9,13,17,23,40H,6-7,10-12,14-16,30H2,1-2H3,(H2,31,35)/t17?,23-/m1/s1. The van der Waals surface area contributed by atoms with Crippen molar-refractivity contribution in [2.75, 3.05) is 48.3 Å². The fourth-order valence-corrected chi connectivity index (χ4v) is 7.58. The molecule has 0 saturated carbocycles. The Bertz CT molecular complexity index is 1540. The van der Waals surface area contributed by atoms with Gasteiger partial charge in [-0.25, -0.2) is 19.7 Å². The van der Waals surface area contributed by atoms with Crippen molar-refractivity contribution < 1.29 is 14.6 Å². The lowest BCUT2D eigenvalue weighted by Gasteiger charge is -2.42. The third kappa shape index (κ3) is 4.59. The van der Waals surface area contributed by atoms with E-state index in [-0.39, 0.29) is 30.1 Å². The van der Waals surface area contributed by atoms with E-state index >= 15 is 0 Å². The molecule has 220 valence electrons. The van der Waals surface area contributed by atoms with Crippen LogP contribution < -0.4 is 26.0 Å². The lowest BCUT2D eigenvalue weighted by molar-refractivity contribution is 0.0513. The summed E-state index contributed by atoms with van der Waals surface area (Å²) in [6, 6.07) is 5.55. The Morgan fingerprint density at radius 2 is 2.00 bits per heavy atom. The number of carbonyl (C=O) groups excluding carboxylic acids is 1. The monoisotopic (exact) mass is 589 g/mol. The predicted molar refractivity (Wildman–Crippen MR) is 159 cm³/mol. The van der Waals surface area contributed by atoms with Crippen molar-refractivity contribution in [2.45, 2.75) is 60.7 Å². The van der Waals surface area contributed by atoms with Crippen molar-refractivity contribution in [2.24, 2.45) is 11.1 Å². The first-order valence-corrected chi connectivity index (χ1v) is 15.1. The summed E-state index contributed by atoms with van der Waals surface area (Å²) in [6.45, 7) is 6.06. The number of fused-ring (bicyclic) bond motifs is 4. The highest BCUT2D eigenvalue weighted by molar-refractivity contribution is 7.99. The minimum Gasteiger partial charge on any atom is -0.486 e. The minimum atomic E-state index is -0.996. The van der Waals surface area contributed by atoms with Crippen LogP contribution >= 0.6 is 11.8 Å². The van der Waals surface area contributed by atoms with Gasteiger partial charge in [0.2, 0.25) is 0 Å². The van der Waals surface area contributed by atoms with E-state index in [4.69, 9.17) is 21.2 Å². The SMILES string of the molecule is CC(C)(O)CN1CC2COc3c(Sc4ncc(N5CCC6(CC5)Cc5ncccc5[C@H]6N)nc4N)ccnc3N2C1=O. The van der Waals surface area contributed by atoms with E-state index in [0.717, 1.165) is 48.8 Å². The molecule has 1 spiro atoms. The van der Waals surface area contributed by atoms with Crippen LogP contribution in [-0.2, 0) is 6.42 Å². The van der Waals surface area contributed by atoms with Crippen molar-refractivity contribution in [3.05, 3.63) is 48.0 Å². The summed E-state index contributed by atoms with van der Waals surface area (Å²) in [6.07, 6.45) is 8.09. The Hall–Kier alpha value is -3.68. The lowest BCUT2D eigenvalue weighted by Crippen LogP contribution is -2.44. The van der Waals surface area contributed by atoms with E-state index in [1.165, 1.54) is 17.3 Å². The Balaban J connectivity index is 1.05. The van der Waals surface area contributed by atoms with Gasteiger partial charge in [0.15, 0.2) is 17.4 Å². The predicted octanol–water partition coefficient (Wildman–Crippen LogP) is 2.62. The van der Waals surface area contributed by atoms with Crippen LogP contribution in [0.3, 0.4) is 0 Å². The van der Waals surface area contributed by atoms with E-state index in [1.807, 2.05) is 18.3 Å². The number of nitrogens with zero attached hydrogens (tertiary/aromatic N) is 7. The molecule has 5 N–H and O–H groups in total. The van der Waals surface area contributed by atoms with Crippen molar-refractivity contribution in [1.29, 1.82) is 0 Å². The molecule has 3 aliphatic heterocycles. The topological polar surface area (TPSA) is 160 Å². The molecular formula is C29H35N9O3S. The third-order valence-corrected chi connectivity index (χ3v) is 9.88. The fraction of sp³-hybridized carbons (Fsp3) is 0.483. The number of nitrogen functional groups attached to an aromatic ring is 1. The highest BCUT2D eigenvalue weighted by atomic mass is 32.2. The number of ether oxygens (including phenoxy) is 1. The number of hydrogen-bond donors (Lipinski definition) is 3. The van der Waals surface area contributed by atoms with Gasteiger partial charge in [0.05, 0.1) is 29.3 Å². The zero-order chi connectivity index (χ0) is 29.2. The highest BCUT2D eigenvalue weighted by Gasteiger charge is 2.47. The van der Waals surface area contributed by atoms with Crippen LogP contribution in [0.15, 0.2) is 46.7 Å². The summed E-state index contributed by atoms with van der Waals surface area (Å²) in [7, 11) is 0. The maximum absolute atomic E-state index is 13.2. The second-order valence-electron chi connectivity index (χ2n) is 12.3. The summed E-state index contributed by atoms with van der Waals surface area (Å²) in [5.74, 6) is 2.07. The Labute approximate surface area is 248 Å². The average molecular weight is 590 g/mol. The second-order valence-corrected chi connectivity index (χ2v) is 13.4. The van der Waals surface area contributed by atoms with Crippen molar-refractivity contribution in [3.63, 3.8) is 0 Å². The molecule has 1 unspecified atom stereocenters. The number of rotatable bonds is 5. The minimum absolute atomic E-state index is 0.00233. The van der Waals surface area contributed by atoms with Crippen LogP contribution in [0.4, 0.5) is 22.2 Å². The lowest BCUT2D eigenvalue weighted by atomic mass is 9.73. The van der Waals surface area contributed by atoms with Gasteiger partial charge >= 0.3 is 6.03 Å². The number of amides is 2. The number of nitrogens with two attached hydrogens (primary N) is 2. The Kier molecular flexibility index (Phi) is 6.44. The smallest absolute Gasteiger partial charge is 0.326 e. The van der Waals surface area contributed by atoms with E-state index in [2.05, 4.69) is 25.9 Å². The normalized spacial score (nSPS) is 22.7. The van der Waals surface area contributed by atoms with E-state index < -0.39 is 5.60 Å². The third-order valence-electron chi connectivity index (χ3n) is 8.83. The number of piperidine rings is 1. The number of aliphatic hydroxyl groups is 1. The summed E-state index contributed by atoms with van der Waals surface area (Å²) >= 11 is 1.34. The molecule has 4 aliphatic rings. The number of aromatic nitrogens is 4. The molecule has 7 rings (SSSR count). The van der Waals surface area contributed by atoms with Gasteiger partial charge < -0.3 is 31.1 Å². The van der Waals surface area contributed by atoms with Gasteiger partial charge in [0.1, 0.15) is 17.5 Å². The van der Waals surface area contributed by atoms with Crippen molar-refractivity contribution in [3.8, 4) is 5.75 Å². The highest BCUT2D eigenvalue weighted by Crippen LogP contribution is 2.50. The molecule has 1 aliphatic carbocycles. The van der Waals surface area contributed by atoms with Crippen LogP contribution in [0.25, 0.3) is 0 Å². The van der Waals surface area contributed by atoms with Crippen molar-refractivity contribution in [1.82, 2.24) is 24.8 Å². The molecule has 3 aromatic heterocycles. The molecule has 2 fully saturated rings. The number of carbonyl (C=O) groups is 1. The van der Waals surface area contributed by atoms with Crippen LogP contribution in [0, 0.1) is 5.41 Å². The van der Waals surface area contributed by atoms with Gasteiger partial charge in [0.25, 0.3) is 0 Å². The van der Waals surface area contributed by atoms with E-state index in [1.54, 1.807) is 36.0 Å². The molecule has 2 atom stereocenters. The van der Waals surface area contributed by atoms with Crippen molar-refractivity contribution >= 4 is 35.2 Å². The first-order valence-electron chi connectivity index (χ1n) is 14.3. The van der Waals surface area contributed by atoms with Crippen LogP contribution in [0.5, 0.6) is 5.75 Å². The molecule has 42 heavy (non-hydrogen) atoms. The van der Waals surface area contributed by atoms with Gasteiger partial charge in [0, 0.05) is 43.8 Å². The van der Waals surface area contributed by atoms with Crippen LogP contribution in [0.1, 0.15) is 44.0 Å². The summed E-state index contributed by atoms with van der Waals surface area (Å²) < 4.78 is 6.13. The maximum Gasteiger partial charge on any atom is 0.326 e. The van der Waals surface area contributed by atoms with E-state index in [0.29, 0.717) is 35.6 Å². The maximum atomic E-state index is 13.2. The van der Waals surface area contributed by atoms with Gasteiger partial charge in [-0.2, -0.15) is 0 Å². The quantitative estimate of drug-likeness (QED) is 0.401. The molecule has 2 saturated heterocycles. The molecular weight excluding hydrogens is 554 g/mol. The number of β-amino-alcohol motifs (C(OH)–C–C–N with tert-alkyl or cyclic N) is 1. The average Bonchev–Trinajstić information content (AvgIpc) is 3.42. The molecule has 0 bridgehead atoms. The Morgan fingerprint density at radius 1 is 1.19 bits per heavy atom. The number of pyridine rings is 2. The molecule has 12 nitrogen and oxygen atoms in total. The van der Waals surface area contributed by atoms with Gasteiger partial charge in [-0.1, -0.05) is 17.8 Å². The molecule has 0 radical (unpaired) electrons.